The smallest absolute Gasteiger partial charge is 0.235 e. The maximum Gasteiger partial charge on any atom is 0.235 e. The van der Waals surface area contributed by atoms with Crippen molar-refractivity contribution in [1.82, 2.24) is 19.9 Å². The van der Waals surface area contributed by atoms with Gasteiger partial charge in [0.15, 0.2) is 0 Å². The van der Waals surface area contributed by atoms with E-state index >= 15 is 0 Å². The Morgan fingerprint density at radius 3 is 2.21 bits per heavy atom. The third-order valence-electron chi connectivity index (χ3n) is 5.04. The molecule has 0 aliphatic heterocycles. The molecule has 0 atom stereocenters. The maximum atomic E-state index is 11.2. The number of aromatic nitrogens is 4. The molecule has 0 saturated heterocycles. The summed E-state index contributed by atoms with van der Waals surface area (Å²) in [6.07, 6.45) is 1.76. The van der Waals surface area contributed by atoms with Crippen molar-refractivity contribution >= 4 is 51.7 Å². The molecule has 9 nitrogen and oxygen atoms in total. The van der Waals surface area contributed by atoms with Crippen LogP contribution < -0.4 is 20.9 Å². The van der Waals surface area contributed by atoms with E-state index in [1.54, 1.807) is 6.20 Å². The molecule has 9 heteroatoms. The van der Waals surface area contributed by atoms with E-state index < -0.39 is 0 Å². The van der Waals surface area contributed by atoms with Gasteiger partial charge in [0.1, 0.15) is 5.82 Å². The number of hydrogen-bond acceptors (Lipinski definition) is 8. The quantitative estimate of drug-likeness (QED) is 0.360. The van der Waals surface area contributed by atoms with E-state index in [4.69, 9.17) is 0 Å². The average molecular weight is 443 g/mol. The van der Waals surface area contributed by atoms with Gasteiger partial charge in [-0.15, -0.1) is 0 Å². The highest BCUT2D eigenvalue weighted by molar-refractivity contribution is 5.92. The average Bonchev–Trinajstić information content (AvgIpc) is 2.81. The molecule has 0 spiro atoms. The molecule has 2 heterocycles. The summed E-state index contributed by atoms with van der Waals surface area (Å²) in [5, 5.41) is 11.3. The fourth-order valence-corrected chi connectivity index (χ4v) is 3.42. The second kappa shape index (κ2) is 9.90. The Morgan fingerprint density at radius 2 is 1.52 bits per heavy atom. The van der Waals surface area contributed by atoms with Gasteiger partial charge in [-0.1, -0.05) is 24.3 Å². The second-order valence-electron chi connectivity index (χ2n) is 7.34. The van der Waals surface area contributed by atoms with Gasteiger partial charge in [0.25, 0.3) is 0 Å². The Balaban J connectivity index is 1.66. The standard InChI is InChI=1S/C24H26N8O/c1-4-32(5-2)24-30-22(27-19-12-10-18(11-13-19)26-16(3)33)29-23(31-24)28-21-20-9-7-6-8-17(20)14-15-25-21/h6-15H,4-5H2,1-3H3,(H,26,33)(H2,25,27,28,29,30,31). The Kier molecular flexibility index (Phi) is 6.58. The first-order chi connectivity index (χ1) is 16.1. The number of fused-ring (bicyclic) bond motifs is 1. The molecule has 0 fully saturated rings. The van der Waals surface area contributed by atoms with Gasteiger partial charge < -0.3 is 20.9 Å². The van der Waals surface area contributed by atoms with Crippen molar-refractivity contribution in [2.75, 3.05) is 33.9 Å². The van der Waals surface area contributed by atoms with Gasteiger partial charge >= 0.3 is 0 Å². The topological polar surface area (TPSA) is 108 Å². The van der Waals surface area contributed by atoms with Crippen LogP contribution in [0.1, 0.15) is 20.8 Å². The molecule has 168 valence electrons. The number of anilines is 6. The van der Waals surface area contributed by atoms with Gasteiger partial charge in [-0.25, -0.2) is 4.98 Å². The summed E-state index contributed by atoms with van der Waals surface area (Å²) in [6, 6.07) is 17.3. The second-order valence-corrected chi connectivity index (χ2v) is 7.34. The first-order valence-electron chi connectivity index (χ1n) is 10.8. The van der Waals surface area contributed by atoms with E-state index in [1.165, 1.54) is 6.92 Å². The third-order valence-corrected chi connectivity index (χ3v) is 5.04. The van der Waals surface area contributed by atoms with Crippen molar-refractivity contribution in [2.45, 2.75) is 20.8 Å². The van der Waals surface area contributed by atoms with Crippen molar-refractivity contribution in [1.29, 1.82) is 0 Å². The first kappa shape index (κ1) is 21.9. The van der Waals surface area contributed by atoms with Crippen LogP contribution in [0.5, 0.6) is 0 Å². The molecule has 1 amide bonds. The molecule has 4 rings (SSSR count). The predicted octanol–water partition coefficient (Wildman–Crippen LogP) is 4.71. The minimum atomic E-state index is -0.116. The lowest BCUT2D eigenvalue weighted by atomic mass is 10.1. The molecule has 0 saturated carbocycles. The number of hydrogen-bond donors (Lipinski definition) is 3. The van der Waals surface area contributed by atoms with Crippen LogP contribution in [0.15, 0.2) is 60.8 Å². The highest BCUT2D eigenvalue weighted by Gasteiger charge is 2.13. The molecule has 0 radical (unpaired) electrons. The Bertz CT molecular complexity index is 1250. The fourth-order valence-electron chi connectivity index (χ4n) is 3.42. The number of nitrogens with zero attached hydrogens (tertiary/aromatic N) is 5. The van der Waals surface area contributed by atoms with E-state index in [0.29, 0.717) is 23.7 Å². The minimum absolute atomic E-state index is 0.116. The largest absolute Gasteiger partial charge is 0.341 e. The summed E-state index contributed by atoms with van der Waals surface area (Å²) in [5.41, 5.74) is 1.51. The number of carbonyl (C=O) groups is 1. The van der Waals surface area contributed by atoms with Crippen LogP contribution >= 0.6 is 0 Å². The van der Waals surface area contributed by atoms with Crippen molar-refractivity contribution in [3.8, 4) is 0 Å². The van der Waals surface area contributed by atoms with Gasteiger partial charge in [-0.3, -0.25) is 4.79 Å². The van der Waals surface area contributed by atoms with Gasteiger partial charge in [0, 0.05) is 43.0 Å². The highest BCUT2D eigenvalue weighted by atomic mass is 16.1. The van der Waals surface area contributed by atoms with Gasteiger partial charge in [0.2, 0.25) is 23.8 Å². The van der Waals surface area contributed by atoms with E-state index in [1.807, 2.05) is 54.6 Å². The van der Waals surface area contributed by atoms with Crippen molar-refractivity contribution < 1.29 is 4.79 Å². The van der Waals surface area contributed by atoms with E-state index in [9.17, 15) is 4.79 Å². The molecule has 2 aromatic heterocycles. The zero-order valence-electron chi connectivity index (χ0n) is 18.8. The van der Waals surface area contributed by atoms with Crippen LogP contribution in [0.2, 0.25) is 0 Å². The number of nitrogens with one attached hydrogen (secondary N) is 3. The Hall–Kier alpha value is -4.27. The van der Waals surface area contributed by atoms with Crippen LogP contribution in [-0.2, 0) is 4.79 Å². The summed E-state index contributed by atoms with van der Waals surface area (Å²) in [4.78, 5) is 31.6. The lowest BCUT2D eigenvalue weighted by Crippen LogP contribution is -2.25. The van der Waals surface area contributed by atoms with Crippen molar-refractivity contribution in [3.05, 3.63) is 60.8 Å². The normalized spacial score (nSPS) is 10.6. The van der Waals surface area contributed by atoms with Gasteiger partial charge in [-0.2, -0.15) is 15.0 Å². The van der Waals surface area contributed by atoms with Crippen molar-refractivity contribution in [2.24, 2.45) is 0 Å². The lowest BCUT2D eigenvalue weighted by Gasteiger charge is -2.20. The molecule has 0 bridgehead atoms. The predicted molar refractivity (Wildman–Crippen MR) is 132 cm³/mol. The molecule has 2 aromatic carbocycles. The third kappa shape index (κ3) is 5.32. The number of rotatable bonds is 8. The van der Waals surface area contributed by atoms with Crippen LogP contribution in [0.25, 0.3) is 10.8 Å². The zero-order valence-corrected chi connectivity index (χ0v) is 18.8. The number of carbonyl (C=O) groups excluding carboxylic acids is 1. The first-order valence-corrected chi connectivity index (χ1v) is 10.8. The molecule has 33 heavy (non-hydrogen) atoms. The fraction of sp³-hybridized carbons (Fsp3) is 0.208. The lowest BCUT2D eigenvalue weighted by molar-refractivity contribution is -0.114. The molecule has 0 unspecified atom stereocenters. The summed E-state index contributed by atoms with van der Waals surface area (Å²) in [5.74, 6) is 1.93. The molecular weight excluding hydrogens is 416 g/mol. The van der Waals surface area contributed by atoms with Crippen LogP contribution in [0, 0.1) is 0 Å². The van der Waals surface area contributed by atoms with E-state index in [2.05, 4.69) is 54.6 Å². The van der Waals surface area contributed by atoms with Gasteiger partial charge in [0.05, 0.1) is 0 Å². The molecule has 0 aliphatic rings. The summed E-state index contributed by atoms with van der Waals surface area (Å²) in [6.45, 7) is 7.11. The monoisotopic (exact) mass is 442 g/mol. The number of amides is 1. The summed E-state index contributed by atoms with van der Waals surface area (Å²) in [7, 11) is 0. The molecule has 0 aliphatic carbocycles. The number of pyridine rings is 1. The van der Waals surface area contributed by atoms with E-state index in [-0.39, 0.29) is 5.91 Å². The highest BCUT2D eigenvalue weighted by Crippen LogP contribution is 2.25. The van der Waals surface area contributed by atoms with Crippen LogP contribution in [0.3, 0.4) is 0 Å². The van der Waals surface area contributed by atoms with Crippen LogP contribution in [-0.4, -0.2) is 38.9 Å². The minimum Gasteiger partial charge on any atom is -0.341 e. The van der Waals surface area contributed by atoms with Crippen molar-refractivity contribution in [3.63, 3.8) is 0 Å². The van der Waals surface area contributed by atoms with Crippen LogP contribution in [0.4, 0.5) is 35.0 Å². The summed E-state index contributed by atoms with van der Waals surface area (Å²) < 4.78 is 0. The van der Waals surface area contributed by atoms with E-state index in [0.717, 1.165) is 35.2 Å². The molecular formula is C24H26N8O. The Morgan fingerprint density at radius 1 is 0.848 bits per heavy atom. The molecule has 4 aromatic rings. The summed E-state index contributed by atoms with van der Waals surface area (Å²) >= 11 is 0. The molecule has 3 N–H and O–H groups in total. The SMILES string of the molecule is CCN(CC)c1nc(Nc2ccc(NC(C)=O)cc2)nc(Nc2nccc3ccccc23)n1. The maximum absolute atomic E-state index is 11.2. The van der Waals surface area contributed by atoms with Gasteiger partial charge in [-0.05, 0) is 49.6 Å². The zero-order chi connectivity index (χ0) is 23.2. The number of benzene rings is 2. The Labute approximate surface area is 192 Å².